The summed E-state index contributed by atoms with van der Waals surface area (Å²) in [7, 11) is 0. The Morgan fingerprint density at radius 3 is 2.00 bits per heavy atom. The third kappa shape index (κ3) is 6.32. The van der Waals surface area contributed by atoms with Crippen molar-refractivity contribution in [3.63, 3.8) is 0 Å². The number of nitrogens with one attached hydrogen (secondary N) is 1. The fourth-order valence-electron chi connectivity index (χ4n) is 1.58. The summed E-state index contributed by atoms with van der Waals surface area (Å²) in [6.07, 6.45) is 0.571. The van der Waals surface area contributed by atoms with Crippen molar-refractivity contribution in [3.8, 4) is 0 Å². The highest BCUT2D eigenvalue weighted by Crippen LogP contribution is 2.11. The van der Waals surface area contributed by atoms with Gasteiger partial charge in [0.05, 0.1) is 6.10 Å². The molecule has 2 nitrogen and oxygen atoms in total. The maximum atomic E-state index is 9.16. The van der Waals surface area contributed by atoms with Gasteiger partial charge in [0.2, 0.25) is 0 Å². The largest absolute Gasteiger partial charge is 0.393 e. The molecule has 2 heteroatoms. The zero-order valence-electron chi connectivity index (χ0n) is 8.31. The van der Waals surface area contributed by atoms with E-state index in [1.54, 1.807) is 0 Å². The first kappa shape index (κ1) is 10.9. The van der Waals surface area contributed by atoms with Crippen molar-refractivity contribution in [2.75, 3.05) is 0 Å². The van der Waals surface area contributed by atoms with E-state index in [9.17, 15) is 0 Å². The molecular formula is C9H21NO. The van der Waals surface area contributed by atoms with Gasteiger partial charge in [-0.3, -0.25) is 0 Å². The summed E-state index contributed by atoms with van der Waals surface area (Å²) in [6.45, 7) is 10.3. The van der Waals surface area contributed by atoms with Crippen LogP contribution in [-0.2, 0) is 0 Å². The van der Waals surface area contributed by atoms with E-state index in [-0.39, 0.29) is 11.6 Å². The normalized spacial score (nSPS) is 15.5. The third-order valence-corrected chi connectivity index (χ3v) is 1.49. The summed E-state index contributed by atoms with van der Waals surface area (Å²) in [5.41, 5.74) is 0.0440. The van der Waals surface area contributed by atoms with E-state index in [4.69, 9.17) is 5.11 Å². The zero-order valence-corrected chi connectivity index (χ0v) is 8.31. The first-order valence-corrected chi connectivity index (χ1v) is 4.29. The van der Waals surface area contributed by atoms with Crippen LogP contribution in [-0.4, -0.2) is 22.8 Å². The summed E-state index contributed by atoms with van der Waals surface area (Å²) >= 11 is 0. The van der Waals surface area contributed by atoms with Crippen molar-refractivity contribution in [1.29, 1.82) is 0 Å². The third-order valence-electron chi connectivity index (χ3n) is 1.49. The second-order valence-corrected chi connectivity index (χ2v) is 4.24. The quantitative estimate of drug-likeness (QED) is 0.652. The van der Waals surface area contributed by atoms with E-state index in [1.165, 1.54) is 0 Å². The summed E-state index contributed by atoms with van der Waals surface area (Å²) in [6, 6.07) is 0.476. The molecule has 0 spiro atoms. The fourth-order valence-corrected chi connectivity index (χ4v) is 1.58. The molecule has 0 radical (unpaired) electrons. The Hall–Kier alpha value is -0.0800. The van der Waals surface area contributed by atoms with E-state index < -0.39 is 0 Å². The molecule has 0 amide bonds. The molecule has 0 aromatic carbocycles. The minimum atomic E-state index is -0.226. The average Bonchev–Trinajstić information content (AvgIpc) is 1.53. The van der Waals surface area contributed by atoms with Gasteiger partial charge >= 0.3 is 0 Å². The molecule has 1 atom stereocenters. The molecule has 0 aliphatic carbocycles. The molecule has 1 unspecified atom stereocenters. The van der Waals surface area contributed by atoms with Gasteiger partial charge in [0.15, 0.2) is 0 Å². The Bertz CT molecular complexity index is 96.1. The van der Waals surface area contributed by atoms with Crippen LogP contribution < -0.4 is 5.32 Å². The molecule has 0 bridgehead atoms. The molecule has 0 aromatic rings. The topological polar surface area (TPSA) is 32.3 Å². The highest BCUT2D eigenvalue weighted by molar-refractivity contribution is 4.80. The lowest BCUT2D eigenvalue weighted by Crippen LogP contribution is -2.45. The van der Waals surface area contributed by atoms with Crippen LogP contribution in [0.2, 0.25) is 0 Å². The van der Waals surface area contributed by atoms with Crippen molar-refractivity contribution in [1.82, 2.24) is 5.32 Å². The lowest BCUT2D eigenvalue weighted by molar-refractivity contribution is 0.142. The van der Waals surface area contributed by atoms with E-state index in [0.717, 1.165) is 6.42 Å². The summed E-state index contributed by atoms with van der Waals surface area (Å²) < 4.78 is 0. The van der Waals surface area contributed by atoms with E-state index in [2.05, 4.69) is 33.0 Å². The van der Waals surface area contributed by atoms with Gasteiger partial charge in [-0.2, -0.15) is 0 Å². The maximum Gasteiger partial charge on any atom is 0.0529 e. The molecule has 0 heterocycles. The molecule has 0 saturated carbocycles. The van der Waals surface area contributed by atoms with E-state index >= 15 is 0 Å². The second kappa shape index (κ2) is 4.07. The molecular weight excluding hydrogens is 138 g/mol. The Morgan fingerprint density at radius 2 is 1.73 bits per heavy atom. The van der Waals surface area contributed by atoms with Gasteiger partial charge in [-0.05, 0) is 27.2 Å². The van der Waals surface area contributed by atoms with Crippen LogP contribution in [0.4, 0.5) is 0 Å². The number of hydrogen-bond acceptors (Lipinski definition) is 2. The van der Waals surface area contributed by atoms with Gasteiger partial charge < -0.3 is 10.4 Å². The number of aliphatic hydroxyl groups excluding tert-OH is 1. The van der Waals surface area contributed by atoms with Gasteiger partial charge in [-0.15, -0.1) is 0 Å². The monoisotopic (exact) mass is 159 g/mol. The van der Waals surface area contributed by atoms with Crippen molar-refractivity contribution in [2.24, 2.45) is 0 Å². The molecule has 0 aliphatic heterocycles. The predicted octanol–water partition coefficient (Wildman–Crippen LogP) is 1.53. The standard InChI is InChI=1S/C9H21NO/c1-7(2)10-9(4,5)6-8(3)11/h7-8,10-11H,6H2,1-5H3. The SMILES string of the molecule is CC(O)CC(C)(C)NC(C)C. The highest BCUT2D eigenvalue weighted by Gasteiger charge is 2.19. The van der Waals surface area contributed by atoms with Crippen LogP contribution >= 0.6 is 0 Å². The van der Waals surface area contributed by atoms with Crippen LogP contribution in [0.1, 0.15) is 41.0 Å². The van der Waals surface area contributed by atoms with E-state index in [0.29, 0.717) is 6.04 Å². The summed E-state index contributed by atoms with van der Waals surface area (Å²) in [4.78, 5) is 0. The lowest BCUT2D eigenvalue weighted by Gasteiger charge is -2.29. The lowest BCUT2D eigenvalue weighted by atomic mass is 9.96. The van der Waals surface area contributed by atoms with Crippen LogP contribution in [0.25, 0.3) is 0 Å². The van der Waals surface area contributed by atoms with E-state index in [1.807, 2.05) is 6.92 Å². The minimum Gasteiger partial charge on any atom is -0.393 e. The number of rotatable bonds is 4. The molecule has 11 heavy (non-hydrogen) atoms. The number of aliphatic hydroxyl groups is 1. The van der Waals surface area contributed by atoms with Crippen LogP contribution in [0, 0.1) is 0 Å². The van der Waals surface area contributed by atoms with Gasteiger partial charge in [0, 0.05) is 11.6 Å². The highest BCUT2D eigenvalue weighted by atomic mass is 16.3. The van der Waals surface area contributed by atoms with Gasteiger partial charge in [-0.25, -0.2) is 0 Å². The van der Waals surface area contributed by atoms with Crippen molar-refractivity contribution >= 4 is 0 Å². The summed E-state index contributed by atoms with van der Waals surface area (Å²) in [5.74, 6) is 0. The fraction of sp³-hybridized carbons (Fsp3) is 1.00. The second-order valence-electron chi connectivity index (χ2n) is 4.24. The smallest absolute Gasteiger partial charge is 0.0529 e. The molecule has 0 saturated heterocycles. The maximum absolute atomic E-state index is 9.16. The van der Waals surface area contributed by atoms with Gasteiger partial charge in [-0.1, -0.05) is 13.8 Å². The molecule has 0 aromatic heterocycles. The van der Waals surface area contributed by atoms with Crippen molar-refractivity contribution < 1.29 is 5.11 Å². The molecule has 0 rings (SSSR count). The Kier molecular flexibility index (Phi) is 4.04. The zero-order chi connectivity index (χ0) is 9.07. The molecule has 0 fully saturated rings. The van der Waals surface area contributed by atoms with Gasteiger partial charge in [0.1, 0.15) is 0 Å². The number of hydrogen-bond donors (Lipinski definition) is 2. The molecule has 68 valence electrons. The van der Waals surface area contributed by atoms with Crippen LogP contribution in [0.5, 0.6) is 0 Å². The summed E-state index contributed by atoms with van der Waals surface area (Å²) in [5, 5.41) is 12.6. The Morgan fingerprint density at radius 1 is 1.27 bits per heavy atom. The van der Waals surface area contributed by atoms with Gasteiger partial charge in [0.25, 0.3) is 0 Å². The molecule has 2 N–H and O–H groups in total. The minimum absolute atomic E-state index is 0.0440. The average molecular weight is 159 g/mol. The Labute approximate surface area is 70.0 Å². The Balaban J connectivity index is 3.79. The van der Waals surface area contributed by atoms with Crippen LogP contribution in [0.3, 0.4) is 0 Å². The predicted molar refractivity (Wildman–Crippen MR) is 48.6 cm³/mol. The van der Waals surface area contributed by atoms with Crippen molar-refractivity contribution in [2.45, 2.75) is 58.7 Å². The van der Waals surface area contributed by atoms with Crippen LogP contribution in [0.15, 0.2) is 0 Å². The first-order chi connectivity index (χ1) is 4.83. The molecule has 0 aliphatic rings. The van der Waals surface area contributed by atoms with Crippen molar-refractivity contribution in [3.05, 3.63) is 0 Å². The first-order valence-electron chi connectivity index (χ1n) is 4.29.